The quantitative estimate of drug-likeness (QED) is 0.444. The van der Waals surface area contributed by atoms with Gasteiger partial charge in [0.2, 0.25) is 0 Å². The molecule has 1 fully saturated rings. The maximum absolute atomic E-state index is 13.6. The number of halogens is 3. The molecule has 29 heavy (non-hydrogen) atoms. The van der Waals surface area contributed by atoms with Crippen LogP contribution in [0.2, 0.25) is 0 Å². The first kappa shape index (κ1) is 18.8. The standard InChI is InChI=1S/C24H19Cl2FO2/c1-2-28-18-13-9-16(10-14-18)23-22(24(23,25)26)21(15-7-11-17(27)12-8-15)19-5-3-4-6-20(19)29-23/h3-14,21-22H,2H2,1H3/t21-,22+,23+/m1/s1. The maximum atomic E-state index is 13.6. The van der Waals surface area contributed by atoms with Crippen LogP contribution in [0, 0.1) is 11.7 Å². The maximum Gasteiger partial charge on any atom is 0.174 e. The van der Waals surface area contributed by atoms with E-state index in [0.717, 1.165) is 28.2 Å². The van der Waals surface area contributed by atoms with Crippen molar-refractivity contribution in [1.82, 2.24) is 0 Å². The normalized spacial score (nSPS) is 26.1. The molecular weight excluding hydrogens is 410 g/mol. The van der Waals surface area contributed by atoms with Gasteiger partial charge in [-0.05, 0) is 48.4 Å². The molecular formula is C24H19Cl2FO2. The molecule has 148 valence electrons. The minimum absolute atomic E-state index is 0.109. The molecule has 1 saturated carbocycles. The highest BCUT2D eigenvalue weighted by molar-refractivity contribution is 6.52. The van der Waals surface area contributed by atoms with Crippen LogP contribution in [0.3, 0.4) is 0 Å². The topological polar surface area (TPSA) is 18.5 Å². The van der Waals surface area contributed by atoms with E-state index >= 15 is 0 Å². The van der Waals surface area contributed by atoms with E-state index in [2.05, 4.69) is 0 Å². The number of rotatable bonds is 4. The van der Waals surface area contributed by atoms with Gasteiger partial charge in [0.15, 0.2) is 9.93 Å². The average molecular weight is 429 g/mol. The molecule has 0 amide bonds. The third kappa shape index (κ3) is 2.68. The van der Waals surface area contributed by atoms with Crippen LogP contribution in [0.15, 0.2) is 72.8 Å². The van der Waals surface area contributed by atoms with Crippen molar-refractivity contribution < 1.29 is 13.9 Å². The minimum Gasteiger partial charge on any atom is -0.494 e. The molecule has 0 aromatic heterocycles. The second kappa shape index (κ2) is 6.65. The van der Waals surface area contributed by atoms with Gasteiger partial charge in [-0.3, -0.25) is 0 Å². The Hall–Kier alpha value is -2.23. The van der Waals surface area contributed by atoms with Gasteiger partial charge in [0.05, 0.1) is 12.5 Å². The van der Waals surface area contributed by atoms with Crippen LogP contribution >= 0.6 is 23.2 Å². The summed E-state index contributed by atoms with van der Waals surface area (Å²) >= 11 is 13.8. The number of fused-ring (bicyclic) bond motifs is 2. The van der Waals surface area contributed by atoms with Gasteiger partial charge >= 0.3 is 0 Å². The first-order valence-corrected chi connectivity index (χ1v) is 10.4. The van der Waals surface area contributed by atoms with Crippen molar-refractivity contribution in [1.29, 1.82) is 0 Å². The highest BCUT2D eigenvalue weighted by Gasteiger charge is 2.83. The van der Waals surface area contributed by atoms with Gasteiger partial charge in [0.25, 0.3) is 0 Å². The van der Waals surface area contributed by atoms with Crippen molar-refractivity contribution in [3.05, 3.63) is 95.3 Å². The fourth-order valence-electron chi connectivity index (χ4n) is 4.60. The van der Waals surface area contributed by atoms with Crippen molar-refractivity contribution in [3.63, 3.8) is 0 Å². The summed E-state index contributed by atoms with van der Waals surface area (Å²) in [6, 6.07) is 22.1. The number of ether oxygens (including phenoxy) is 2. The van der Waals surface area contributed by atoms with Gasteiger partial charge in [0.1, 0.15) is 17.3 Å². The number of para-hydroxylation sites is 1. The molecule has 1 aliphatic carbocycles. The summed E-state index contributed by atoms with van der Waals surface area (Å²) in [6.45, 7) is 2.54. The molecule has 5 rings (SSSR count). The Balaban J connectivity index is 1.65. The lowest BCUT2D eigenvalue weighted by atomic mass is 9.82. The molecule has 3 aromatic rings. The van der Waals surface area contributed by atoms with Crippen LogP contribution in [0.1, 0.15) is 29.5 Å². The van der Waals surface area contributed by atoms with E-state index in [-0.39, 0.29) is 17.7 Å². The Morgan fingerprint density at radius 1 is 0.966 bits per heavy atom. The molecule has 3 aromatic carbocycles. The Morgan fingerprint density at radius 3 is 2.34 bits per heavy atom. The molecule has 0 spiro atoms. The van der Waals surface area contributed by atoms with E-state index in [1.54, 1.807) is 12.1 Å². The lowest BCUT2D eigenvalue weighted by Gasteiger charge is -2.31. The average Bonchev–Trinajstić information content (AvgIpc) is 3.23. The van der Waals surface area contributed by atoms with E-state index in [0.29, 0.717) is 6.61 Å². The number of hydrogen-bond acceptors (Lipinski definition) is 2. The van der Waals surface area contributed by atoms with Gasteiger partial charge in [-0.1, -0.05) is 65.7 Å². The van der Waals surface area contributed by atoms with Crippen molar-refractivity contribution in [3.8, 4) is 11.5 Å². The van der Waals surface area contributed by atoms with Gasteiger partial charge in [0, 0.05) is 11.5 Å². The zero-order valence-electron chi connectivity index (χ0n) is 15.7. The lowest BCUT2D eigenvalue weighted by Crippen LogP contribution is -2.28. The summed E-state index contributed by atoms with van der Waals surface area (Å²) in [5, 5.41) is 0. The second-order valence-electron chi connectivity index (χ2n) is 7.46. The molecule has 0 saturated heterocycles. The summed E-state index contributed by atoms with van der Waals surface area (Å²) in [5.41, 5.74) is 1.99. The van der Waals surface area contributed by atoms with Crippen LogP contribution in [0.5, 0.6) is 11.5 Å². The fraction of sp³-hybridized carbons (Fsp3) is 0.250. The van der Waals surface area contributed by atoms with Crippen molar-refractivity contribution >= 4 is 23.2 Å². The summed E-state index contributed by atoms with van der Waals surface area (Å²) in [7, 11) is 0. The Labute approximate surface area is 179 Å². The smallest absolute Gasteiger partial charge is 0.174 e. The van der Waals surface area contributed by atoms with E-state index < -0.39 is 9.93 Å². The molecule has 0 bridgehead atoms. The molecule has 3 atom stereocenters. The molecule has 0 unspecified atom stereocenters. The predicted molar refractivity (Wildman–Crippen MR) is 113 cm³/mol. The molecule has 1 heterocycles. The first-order valence-electron chi connectivity index (χ1n) is 9.63. The molecule has 0 N–H and O–H groups in total. The summed E-state index contributed by atoms with van der Waals surface area (Å²) in [5.74, 6) is 0.936. The van der Waals surface area contributed by atoms with Crippen molar-refractivity contribution in [2.45, 2.75) is 22.8 Å². The molecule has 5 heteroatoms. The zero-order chi connectivity index (χ0) is 20.2. The number of hydrogen-bond donors (Lipinski definition) is 0. The highest BCUT2D eigenvalue weighted by Crippen LogP contribution is 2.77. The molecule has 0 radical (unpaired) electrons. The molecule has 1 aliphatic heterocycles. The monoisotopic (exact) mass is 428 g/mol. The van der Waals surface area contributed by atoms with Crippen molar-refractivity contribution in [2.24, 2.45) is 5.92 Å². The van der Waals surface area contributed by atoms with Crippen LogP contribution < -0.4 is 9.47 Å². The number of benzene rings is 3. The summed E-state index contributed by atoms with van der Waals surface area (Å²) in [4.78, 5) is 0. The predicted octanol–water partition coefficient (Wildman–Crippen LogP) is 6.45. The first-order chi connectivity index (χ1) is 14.0. The Bertz CT molecular complexity index is 1050. The van der Waals surface area contributed by atoms with E-state index in [1.165, 1.54) is 12.1 Å². The summed E-state index contributed by atoms with van der Waals surface area (Å²) < 4.78 is 24.5. The number of alkyl halides is 2. The van der Waals surface area contributed by atoms with Gasteiger partial charge in [-0.15, -0.1) is 0 Å². The minimum atomic E-state index is -1.13. The molecule has 2 aliphatic rings. The van der Waals surface area contributed by atoms with Crippen LogP contribution in [0.25, 0.3) is 0 Å². The van der Waals surface area contributed by atoms with Crippen molar-refractivity contribution in [2.75, 3.05) is 6.61 Å². The fourth-order valence-corrected chi connectivity index (χ4v) is 5.58. The van der Waals surface area contributed by atoms with Gasteiger partial charge in [-0.25, -0.2) is 4.39 Å². The van der Waals surface area contributed by atoms with Crippen LogP contribution in [0.4, 0.5) is 4.39 Å². The third-order valence-electron chi connectivity index (χ3n) is 5.92. The molecule has 2 nitrogen and oxygen atoms in total. The third-order valence-corrected chi connectivity index (χ3v) is 6.95. The van der Waals surface area contributed by atoms with Gasteiger partial charge < -0.3 is 9.47 Å². The van der Waals surface area contributed by atoms with Crippen LogP contribution in [-0.2, 0) is 5.60 Å². The van der Waals surface area contributed by atoms with Crippen LogP contribution in [-0.4, -0.2) is 10.9 Å². The van der Waals surface area contributed by atoms with Gasteiger partial charge in [-0.2, -0.15) is 0 Å². The van der Waals surface area contributed by atoms with E-state index in [9.17, 15) is 4.39 Å². The zero-order valence-corrected chi connectivity index (χ0v) is 17.3. The van der Waals surface area contributed by atoms with E-state index in [1.807, 2.05) is 55.5 Å². The Kier molecular flexibility index (Phi) is 4.30. The highest BCUT2D eigenvalue weighted by atomic mass is 35.5. The Morgan fingerprint density at radius 2 is 1.66 bits per heavy atom. The second-order valence-corrected chi connectivity index (χ2v) is 8.85. The van der Waals surface area contributed by atoms with E-state index in [4.69, 9.17) is 32.7 Å². The summed E-state index contributed by atoms with van der Waals surface area (Å²) in [6.07, 6.45) is 0. The SMILES string of the molecule is CCOc1ccc([C@]23Oc4ccccc4[C@@H](c4ccc(F)cc4)[C@@H]2C3(Cl)Cl)cc1. The largest absolute Gasteiger partial charge is 0.494 e. The lowest BCUT2D eigenvalue weighted by molar-refractivity contribution is 0.137.